The standard InChI is InChI=1S/2C8H14O/c1-8(2)5-3-4-7(9)6-8;1-6-4-3-5-7(2)8(6)9/h3-6H2,1-2H3;6-7H,3-5H2,1-2H3. The number of hydrogen-bond acceptors (Lipinski definition) is 2. The summed E-state index contributed by atoms with van der Waals surface area (Å²) in [7, 11) is 0. The van der Waals surface area contributed by atoms with Crippen molar-refractivity contribution in [3.63, 3.8) is 0 Å². The van der Waals surface area contributed by atoms with E-state index in [0.29, 0.717) is 28.8 Å². The van der Waals surface area contributed by atoms with E-state index in [4.69, 9.17) is 0 Å². The normalized spacial score (nSPS) is 31.6. The average Bonchev–Trinajstić information content (AvgIpc) is 2.25. The lowest BCUT2D eigenvalue weighted by Gasteiger charge is -2.27. The summed E-state index contributed by atoms with van der Waals surface area (Å²) in [5.41, 5.74) is 0.301. The second-order valence-electron chi connectivity index (χ2n) is 6.87. The number of hydrogen-bond donors (Lipinski definition) is 0. The lowest BCUT2D eigenvalue weighted by Crippen LogP contribution is -2.23. The van der Waals surface area contributed by atoms with Crippen molar-refractivity contribution in [1.29, 1.82) is 0 Å². The second-order valence-corrected chi connectivity index (χ2v) is 6.87. The second kappa shape index (κ2) is 6.49. The zero-order chi connectivity index (χ0) is 13.8. The van der Waals surface area contributed by atoms with Gasteiger partial charge >= 0.3 is 0 Å². The van der Waals surface area contributed by atoms with Crippen molar-refractivity contribution in [2.75, 3.05) is 0 Å². The smallest absolute Gasteiger partial charge is 0.138 e. The van der Waals surface area contributed by atoms with E-state index in [1.54, 1.807) is 0 Å². The molecule has 0 saturated heterocycles. The Bertz CT molecular complexity index is 292. The topological polar surface area (TPSA) is 34.1 Å². The molecule has 104 valence electrons. The van der Waals surface area contributed by atoms with Gasteiger partial charge in [0.1, 0.15) is 11.6 Å². The van der Waals surface area contributed by atoms with Crippen molar-refractivity contribution in [2.24, 2.45) is 17.3 Å². The van der Waals surface area contributed by atoms with E-state index >= 15 is 0 Å². The summed E-state index contributed by atoms with van der Waals surface area (Å²) in [6, 6.07) is 0. The van der Waals surface area contributed by atoms with E-state index in [-0.39, 0.29) is 0 Å². The minimum Gasteiger partial charge on any atom is -0.300 e. The van der Waals surface area contributed by atoms with Crippen molar-refractivity contribution in [3.8, 4) is 0 Å². The van der Waals surface area contributed by atoms with Gasteiger partial charge in [-0.2, -0.15) is 0 Å². The Hall–Kier alpha value is -0.660. The number of carbonyl (C=O) groups excluding carboxylic acids is 2. The summed E-state index contributed by atoms with van der Waals surface area (Å²) < 4.78 is 0. The minimum absolute atomic E-state index is 0.301. The summed E-state index contributed by atoms with van der Waals surface area (Å²) in [6.07, 6.45) is 7.42. The Labute approximate surface area is 112 Å². The maximum absolute atomic E-state index is 11.1. The molecule has 0 aliphatic heterocycles. The van der Waals surface area contributed by atoms with Crippen LogP contribution in [0.15, 0.2) is 0 Å². The van der Waals surface area contributed by atoms with E-state index < -0.39 is 0 Å². The molecule has 0 aromatic carbocycles. The molecule has 0 heterocycles. The SMILES string of the molecule is CC1(C)CCCC(=O)C1.CC1CCCC(C)C1=O. The first-order chi connectivity index (χ1) is 8.32. The van der Waals surface area contributed by atoms with Gasteiger partial charge in [-0.1, -0.05) is 34.1 Å². The molecule has 2 fully saturated rings. The van der Waals surface area contributed by atoms with E-state index in [2.05, 4.69) is 13.8 Å². The Balaban J connectivity index is 0.000000180. The predicted octanol–water partition coefficient (Wildman–Crippen LogP) is 4.17. The van der Waals surface area contributed by atoms with Crippen LogP contribution in [0, 0.1) is 17.3 Å². The third-order valence-corrected chi connectivity index (χ3v) is 4.23. The Kier molecular flexibility index (Phi) is 5.55. The molecule has 2 heteroatoms. The van der Waals surface area contributed by atoms with Gasteiger partial charge in [-0.05, 0) is 31.1 Å². The molecule has 2 aliphatic rings. The number of carbonyl (C=O) groups is 2. The van der Waals surface area contributed by atoms with Gasteiger partial charge in [0.25, 0.3) is 0 Å². The summed E-state index contributed by atoms with van der Waals surface area (Å²) in [5.74, 6) is 1.61. The van der Waals surface area contributed by atoms with Gasteiger partial charge in [0.2, 0.25) is 0 Å². The fourth-order valence-electron chi connectivity index (χ4n) is 2.98. The molecular weight excluding hydrogens is 224 g/mol. The highest BCUT2D eigenvalue weighted by Gasteiger charge is 2.25. The van der Waals surface area contributed by atoms with E-state index in [1.807, 2.05) is 13.8 Å². The van der Waals surface area contributed by atoms with Crippen molar-refractivity contribution >= 4 is 11.6 Å². The molecule has 2 rings (SSSR count). The van der Waals surface area contributed by atoms with Crippen LogP contribution in [0.5, 0.6) is 0 Å². The van der Waals surface area contributed by atoms with Crippen LogP contribution >= 0.6 is 0 Å². The third-order valence-electron chi connectivity index (χ3n) is 4.23. The third kappa shape index (κ3) is 4.91. The van der Waals surface area contributed by atoms with Gasteiger partial charge in [0, 0.05) is 24.7 Å². The summed E-state index contributed by atoms with van der Waals surface area (Å²) in [6.45, 7) is 8.42. The van der Waals surface area contributed by atoms with Gasteiger partial charge in [-0.3, -0.25) is 9.59 Å². The molecule has 0 spiro atoms. The van der Waals surface area contributed by atoms with Gasteiger partial charge in [-0.15, -0.1) is 0 Å². The predicted molar refractivity (Wildman–Crippen MR) is 74.4 cm³/mol. The van der Waals surface area contributed by atoms with Crippen molar-refractivity contribution in [2.45, 2.75) is 72.6 Å². The number of rotatable bonds is 0. The molecule has 2 atom stereocenters. The minimum atomic E-state index is 0.301. The fraction of sp³-hybridized carbons (Fsp3) is 0.875. The molecule has 0 N–H and O–H groups in total. The lowest BCUT2D eigenvalue weighted by molar-refractivity contribution is -0.128. The highest BCUT2D eigenvalue weighted by atomic mass is 16.1. The lowest BCUT2D eigenvalue weighted by atomic mass is 9.77. The zero-order valence-electron chi connectivity index (χ0n) is 12.4. The molecule has 2 nitrogen and oxygen atoms in total. The van der Waals surface area contributed by atoms with E-state index in [9.17, 15) is 9.59 Å². The summed E-state index contributed by atoms with van der Waals surface area (Å²) >= 11 is 0. The molecule has 0 amide bonds. The van der Waals surface area contributed by atoms with Gasteiger partial charge in [0.15, 0.2) is 0 Å². The Morgan fingerprint density at radius 2 is 1.56 bits per heavy atom. The summed E-state index contributed by atoms with van der Waals surface area (Å²) in [5, 5.41) is 0. The largest absolute Gasteiger partial charge is 0.300 e. The first-order valence-corrected chi connectivity index (χ1v) is 7.37. The van der Waals surface area contributed by atoms with Crippen LogP contribution in [0.4, 0.5) is 0 Å². The molecule has 2 unspecified atom stereocenters. The highest BCUT2D eigenvalue weighted by molar-refractivity contribution is 5.83. The van der Waals surface area contributed by atoms with E-state index in [0.717, 1.165) is 32.1 Å². The molecule has 0 radical (unpaired) electrons. The number of Topliss-reactive ketones (excluding diaryl/α,β-unsaturated/α-hetero) is 2. The van der Waals surface area contributed by atoms with Crippen LogP contribution in [-0.2, 0) is 9.59 Å². The van der Waals surface area contributed by atoms with Crippen molar-refractivity contribution < 1.29 is 9.59 Å². The molecule has 2 aliphatic carbocycles. The van der Waals surface area contributed by atoms with Gasteiger partial charge < -0.3 is 0 Å². The van der Waals surface area contributed by atoms with Crippen LogP contribution in [0.3, 0.4) is 0 Å². The first-order valence-electron chi connectivity index (χ1n) is 7.37. The Morgan fingerprint density at radius 1 is 1.00 bits per heavy atom. The fourth-order valence-corrected chi connectivity index (χ4v) is 2.98. The first kappa shape index (κ1) is 15.4. The van der Waals surface area contributed by atoms with Crippen LogP contribution in [0.1, 0.15) is 72.6 Å². The monoisotopic (exact) mass is 252 g/mol. The molecule has 0 bridgehead atoms. The van der Waals surface area contributed by atoms with E-state index in [1.165, 1.54) is 12.8 Å². The van der Waals surface area contributed by atoms with Gasteiger partial charge in [0.05, 0.1) is 0 Å². The van der Waals surface area contributed by atoms with Crippen LogP contribution in [0.25, 0.3) is 0 Å². The molecule has 0 aromatic heterocycles. The molecule has 0 aromatic rings. The Morgan fingerprint density at radius 3 is 1.89 bits per heavy atom. The quantitative estimate of drug-likeness (QED) is 0.648. The summed E-state index contributed by atoms with van der Waals surface area (Å²) in [4.78, 5) is 22.0. The van der Waals surface area contributed by atoms with Gasteiger partial charge in [-0.25, -0.2) is 0 Å². The molecular formula is C16H28O2. The molecule has 2 saturated carbocycles. The van der Waals surface area contributed by atoms with Crippen LogP contribution < -0.4 is 0 Å². The van der Waals surface area contributed by atoms with Crippen molar-refractivity contribution in [1.82, 2.24) is 0 Å². The molecule has 18 heavy (non-hydrogen) atoms. The highest BCUT2D eigenvalue weighted by Crippen LogP contribution is 2.32. The average molecular weight is 252 g/mol. The maximum Gasteiger partial charge on any atom is 0.138 e. The van der Waals surface area contributed by atoms with Crippen LogP contribution in [-0.4, -0.2) is 11.6 Å². The van der Waals surface area contributed by atoms with Crippen LogP contribution in [0.2, 0.25) is 0 Å². The zero-order valence-corrected chi connectivity index (χ0v) is 12.4. The number of ketones is 2. The van der Waals surface area contributed by atoms with Crippen molar-refractivity contribution in [3.05, 3.63) is 0 Å². The maximum atomic E-state index is 11.1.